The summed E-state index contributed by atoms with van der Waals surface area (Å²) in [5, 5.41) is 0. The molecule has 1 saturated carbocycles. The minimum atomic E-state index is -4.36. The maximum atomic E-state index is 12.4. The number of nitrogen functional groups attached to an aromatic ring is 2. The Morgan fingerprint density at radius 3 is 2.22 bits per heavy atom. The predicted molar refractivity (Wildman–Crippen MR) is 129 cm³/mol. The van der Waals surface area contributed by atoms with Crippen molar-refractivity contribution in [3.63, 3.8) is 0 Å². The van der Waals surface area contributed by atoms with Gasteiger partial charge in [-0.1, -0.05) is 12.1 Å². The van der Waals surface area contributed by atoms with Gasteiger partial charge in [-0.25, -0.2) is 4.79 Å². The van der Waals surface area contributed by atoms with Crippen LogP contribution in [-0.4, -0.2) is 37.4 Å². The van der Waals surface area contributed by atoms with Gasteiger partial charge in [-0.05, 0) is 73.2 Å². The second-order valence-electron chi connectivity index (χ2n) is 8.65. The van der Waals surface area contributed by atoms with Gasteiger partial charge in [0.15, 0.2) is 0 Å². The minimum Gasteiger partial charge on any atom is -0.462 e. The molecule has 0 radical (unpaired) electrons. The molecule has 10 heteroatoms. The highest BCUT2D eigenvalue weighted by Gasteiger charge is 2.32. The Morgan fingerprint density at radius 1 is 0.972 bits per heavy atom. The van der Waals surface area contributed by atoms with Gasteiger partial charge in [0.1, 0.15) is 12.4 Å². The van der Waals surface area contributed by atoms with E-state index in [2.05, 4.69) is 0 Å². The fourth-order valence-electron chi connectivity index (χ4n) is 3.90. The molecule has 0 aromatic heterocycles. The molecule has 194 valence electrons. The number of alkyl halides is 3. The molecular weight excluding hydrogens is 477 g/mol. The van der Waals surface area contributed by atoms with E-state index in [1.54, 1.807) is 48.5 Å². The highest BCUT2D eigenvalue weighted by Crippen LogP contribution is 2.29. The van der Waals surface area contributed by atoms with Crippen LogP contribution in [0.1, 0.15) is 36.8 Å². The third-order valence-corrected chi connectivity index (χ3v) is 5.67. The van der Waals surface area contributed by atoms with Crippen molar-refractivity contribution in [3.8, 4) is 5.75 Å². The molecule has 3 rings (SSSR count). The van der Waals surface area contributed by atoms with Crippen molar-refractivity contribution in [2.24, 2.45) is 5.92 Å². The average molecular weight is 507 g/mol. The normalized spacial score (nSPS) is 18.2. The first-order chi connectivity index (χ1) is 17.1. The fourth-order valence-corrected chi connectivity index (χ4v) is 3.90. The Balaban J connectivity index is 1.38. The van der Waals surface area contributed by atoms with Crippen molar-refractivity contribution >= 4 is 29.4 Å². The molecule has 0 spiro atoms. The monoisotopic (exact) mass is 506 g/mol. The lowest BCUT2D eigenvalue weighted by molar-refractivity contribution is -0.189. The van der Waals surface area contributed by atoms with E-state index in [0.717, 1.165) is 5.56 Å². The van der Waals surface area contributed by atoms with Crippen molar-refractivity contribution in [1.82, 2.24) is 0 Å². The lowest BCUT2D eigenvalue weighted by Crippen LogP contribution is -2.31. The second-order valence-corrected chi connectivity index (χ2v) is 8.65. The quantitative estimate of drug-likeness (QED) is 0.219. The zero-order valence-electron chi connectivity index (χ0n) is 19.6. The van der Waals surface area contributed by atoms with E-state index in [1.807, 2.05) is 0 Å². The van der Waals surface area contributed by atoms with Crippen molar-refractivity contribution in [3.05, 3.63) is 59.7 Å². The maximum Gasteiger partial charge on any atom is 0.411 e. The average Bonchev–Trinajstić information content (AvgIpc) is 2.81. The second kappa shape index (κ2) is 12.4. The number of carbonyl (C=O) groups excluding carboxylic acids is 2. The number of anilines is 2. The Labute approximate surface area is 207 Å². The molecule has 7 nitrogen and oxygen atoms in total. The molecule has 2 aromatic carbocycles. The summed E-state index contributed by atoms with van der Waals surface area (Å²) in [5.74, 6) is -0.958. The van der Waals surface area contributed by atoms with Crippen LogP contribution in [0.3, 0.4) is 0 Å². The molecule has 0 amide bonds. The number of hydrogen-bond acceptors (Lipinski definition) is 7. The summed E-state index contributed by atoms with van der Waals surface area (Å²) in [6.45, 7) is -1.10. The molecule has 0 bridgehead atoms. The van der Waals surface area contributed by atoms with Crippen molar-refractivity contribution < 1.29 is 37.0 Å². The molecule has 0 saturated heterocycles. The van der Waals surface area contributed by atoms with E-state index in [-0.39, 0.29) is 12.5 Å². The van der Waals surface area contributed by atoms with Gasteiger partial charge >= 0.3 is 18.1 Å². The lowest BCUT2D eigenvalue weighted by atomic mass is 9.87. The van der Waals surface area contributed by atoms with Gasteiger partial charge in [-0.15, -0.1) is 0 Å². The van der Waals surface area contributed by atoms with Gasteiger partial charge in [0.05, 0.1) is 18.6 Å². The van der Waals surface area contributed by atoms with Gasteiger partial charge < -0.3 is 25.7 Å². The third-order valence-electron chi connectivity index (χ3n) is 5.67. The number of rotatable bonds is 9. The van der Waals surface area contributed by atoms with E-state index in [9.17, 15) is 22.8 Å². The van der Waals surface area contributed by atoms with Crippen LogP contribution in [0, 0.1) is 5.92 Å². The van der Waals surface area contributed by atoms with Crippen LogP contribution in [0.4, 0.5) is 24.5 Å². The first-order valence-corrected chi connectivity index (χ1v) is 11.6. The third kappa shape index (κ3) is 9.26. The lowest BCUT2D eigenvalue weighted by Gasteiger charge is -2.27. The smallest absolute Gasteiger partial charge is 0.411 e. The molecule has 0 heterocycles. The number of carbonyl (C=O) groups is 2. The molecule has 2 aromatic rings. The topological polar surface area (TPSA) is 114 Å². The largest absolute Gasteiger partial charge is 0.462 e. The van der Waals surface area contributed by atoms with Crippen LogP contribution in [0.25, 0.3) is 6.08 Å². The van der Waals surface area contributed by atoms with Gasteiger partial charge in [-0.2, -0.15) is 13.2 Å². The minimum absolute atomic E-state index is 0.178. The highest BCUT2D eigenvalue weighted by atomic mass is 19.4. The SMILES string of the molecule is Nc1cc(N)cc(CCOC(=O)C=Cc2ccc(OC(=O)C3CCC(OCC(F)(F)F)CC3)cc2)c1. The standard InChI is InChI=1S/C26H29F3N2O5/c27-26(28,29)16-35-22-8-4-19(5-9-22)25(33)36-23-6-1-17(2-7-23)3-10-24(32)34-12-11-18-13-20(30)15-21(31)14-18/h1-3,6-7,10,13-15,19,22H,4-5,8-9,11-12,16,30-31H2. The summed E-state index contributed by atoms with van der Waals surface area (Å²) >= 11 is 0. The number of benzene rings is 2. The summed E-state index contributed by atoms with van der Waals surface area (Å²) in [5.41, 5.74) is 14.2. The number of ether oxygens (including phenoxy) is 3. The van der Waals surface area contributed by atoms with Crippen LogP contribution in [0.5, 0.6) is 5.75 Å². The van der Waals surface area contributed by atoms with Gasteiger partial charge in [-0.3, -0.25) is 4.79 Å². The van der Waals surface area contributed by atoms with E-state index in [0.29, 0.717) is 54.8 Å². The first kappa shape index (κ1) is 27.1. The van der Waals surface area contributed by atoms with Crippen LogP contribution in [0.15, 0.2) is 48.5 Å². The maximum absolute atomic E-state index is 12.4. The van der Waals surface area contributed by atoms with E-state index in [4.69, 9.17) is 25.7 Å². The van der Waals surface area contributed by atoms with Crippen LogP contribution >= 0.6 is 0 Å². The van der Waals surface area contributed by atoms with Crippen LogP contribution < -0.4 is 16.2 Å². The van der Waals surface area contributed by atoms with Gasteiger partial charge in [0.2, 0.25) is 0 Å². The van der Waals surface area contributed by atoms with Crippen molar-refractivity contribution in [2.75, 3.05) is 24.7 Å². The summed E-state index contributed by atoms with van der Waals surface area (Å²) < 4.78 is 52.3. The van der Waals surface area contributed by atoms with E-state index in [1.165, 1.54) is 6.08 Å². The fraction of sp³-hybridized carbons (Fsp3) is 0.385. The van der Waals surface area contributed by atoms with Crippen molar-refractivity contribution in [1.29, 1.82) is 0 Å². The number of halogens is 3. The summed E-state index contributed by atoms with van der Waals surface area (Å²) in [7, 11) is 0. The number of esters is 2. The molecule has 0 aliphatic heterocycles. The van der Waals surface area contributed by atoms with E-state index >= 15 is 0 Å². The van der Waals surface area contributed by atoms with E-state index < -0.39 is 30.8 Å². The van der Waals surface area contributed by atoms with Gasteiger partial charge in [0, 0.05) is 23.9 Å². The highest BCUT2D eigenvalue weighted by molar-refractivity contribution is 5.87. The molecule has 4 N–H and O–H groups in total. The molecule has 1 fully saturated rings. The molecular formula is C26H29F3N2O5. The molecule has 0 unspecified atom stereocenters. The first-order valence-electron chi connectivity index (χ1n) is 11.6. The Hall–Kier alpha value is -3.53. The summed E-state index contributed by atoms with van der Waals surface area (Å²) in [6, 6.07) is 11.8. The molecule has 36 heavy (non-hydrogen) atoms. The zero-order chi connectivity index (χ0) is 26.1. The van der Waals surface area contributed by atoms with Crippen LogP contribution in [0.2, 0.25) is 0 Å². The summed E-state index contributed by atoms with van der Waals surface area (Å²) in [4.78, 5) is 24.3. The number of hydrogen-bond donors (Lipinski definition) is 2. The van der Waals surface area contributed by atoms with Crippen molar-refractivity contribution in [2.45, 2.75) is 44.4 Å². The molecule has 0 atom stereocenters. The number of nitrogens with two attached hydrogens (primary N) is 2. The van der Waals surface area contributed by atoms with Crippen LogP contribution in [-0.2, 0) is 25.5 Å². The Kier molecular flexibility index (Phi) is 9.35. The Bertz CT molecular complexity index is 1040. The zero-order valence-corrected chi connectivity index (χ0v) is 19.6. The predicted octanol–water partition coefficient (Wildman–Crippen LogP) is 4.69. The van der Waals surface area contributed by atoms with Gasteiger partial charge in [0.25, 0.3) is 0 Å². The summed E-state index contributed by atoms with van der Waals surface area (Å²) in [6.07, 6.45) is 0.0888. The molecule has 1 aliphatic carbocycles. The molecule has 1 aliphatic rings. The Morgan fingerprint density at radius 2 is 1.61 bits per heavy atom.